The molecule has 0 atom stereocenters. The zero-order valence-electron chi connectivity index (χ0n) is 38.2. The van der Waals surface area contributed by atoms with E-state index in [1.807, 2.05) is 13.8 Å². The summed E-state index contributed by atoms with van der Waals surface area (Å²) in [5.74, 6) is 13.8. The first-order valence-corrected chi connectivity index (χ1v) is 24.6. The van der Waals surface area contributed by atoms with Gasteiger partial charge in [-0.2, -0.15) is 0 Å². The van der Waals surface area contributed by atoms with Crippen LogP contribution in [0.5, 0.6) is 0 Å². The van der Waals surface area contributed by atoms with Crippen LogP contribution in [-0.2, 0) is 51.3 Å². The minimum atomic E-state index is 0.0681. The van der Waals surface area contributed by atoms with Gasteiger partial charge in [0.25, 0.3) is 0 Å². The van der Waals surface area contributed by atoms with Crippen LogP contribution in [0.2, 0.25) is 0 Å². The van der Waals surface area contributed by atoms with E-state index in [1.165, 1.54) is 122 Å². The fourth-order valence-electron chi connectivity index (χ4n) is 7.34. The zero-order valence-corrected chi connectivity index (χ0v) is 39.7. The molecule has 2 aromatic carbocycles. The third-order valence-corrected chi connectivity index (χ3v) is 11.9. The van der Waals surface area contributed by atoms with Gasteiger partial charge in [-0.05, 0) is 106 Å². The third-order valence-electron chi connectivity index (χ3n) is 10.7. The van der Waals surface area contributed by atoms with Crippen LogP contribution >= 0.6 is 0 Å². The summed E-state index contributed by atoms with van der Waals surface area (Å²) < 4.78 is 11.4. The number of hydrogen-bond acceptors (Lipinski definition) is 2. The van der Waals surface area contributed by atoms with Gasteiger partial charge in [-0.1, -0.05) is 117 Å². The van der Waals surface area contributed by atoms with Gasteiger partial charge >= 0.3 is 52.7 Å². The van der Waals surface area contributed by atoms with Crippen molar-refractivity contribution in [3.8, 4) is 23.7 Å². The molecule has 0 spiro atoms. The van der Waals surface area contributed by atoms with E-state index in [2.05, 4.69) is 102 Å². The molecule has 1 heterocycles. The molecule has 0 N–H and O–H groups in total. The fraction of sp³-hybridized carbons (Fsp3) is 0.623. The second-order valence-electron chi connectivity index (χ2n) is 15.5. The Labute approximate surface area is 366 Å². The molecule has 0 saturated carbocycles. The van der Waals surface area contributed by atoms with Crippen molar-refractivity contribution in [2.75, 3.05) is 13.2 Å². The molecule has 1 aliphatic heterocycles. The van der Waals surface area contributed by atoms with E-state index in [4.69, 9.17) is 6.92 Å². The first-order valence-electron chi connectivity index (χ1n) is 23.3. The molecule has 3 rings (SSSR count). The second-order valence-corrected chi connectivity index (χ2v) is 16.7. The van der Waals surface area contributed by atoms with Crippen LogP contribution in [0.3, 0.4) is 0 Å². The minimum absolute atomic E-state index is 0.0681. The van der Waals surface area contributed by atoms with Gasteiger partial charge in [0.2, 0.25) is 11.4 Å². The van der Waals surface area contributed by atoms with Crippen molar-refractivity contribution in [2.45, 2.75) is 203 Å². The average Bonchev–Trinajstić information content (AvgIpc) is 3.48. The van der Waals surface area contributed by atoms with Gasteiger partial charge < -0.3 is 5.53 Å². The van der Waals surface area contributed by atoms with Crippen LogP contribution in [0.4, 0.5) is 0 Å². The van der Waals surface area contributed by atoms with Crippen LogP contribution < -0.4 is 0 Å². The van der Waals surface area contributed by atoms with E-state index >= 15 is 0 Å². The third kappa shape index (κ3) is 19.1. The van der Waals surface area contributed by atoms with E-state index in [0.29, 0.717) is 0 Å². The van der Waals surface area contributed by atoms with E-state index in [9.17, 15) is 5.53 Å². The number of rotatable bonds is 27. The fourth-order valence-corrected chi connectivity index (χ4v) is 7.84. The normalized spacial score (nSPS) is 12.4. The molecule has 0 radical (unpaired) electrons. The molecule has 0 aliphatic carbocycles. The summed E-state index contributed by atoms with van der Waals surface area (Å²) in [6, 6.07) is 14.1. The summed E-state index contributed by atoms with van der Waals surface area (Å²) in [4.78, 5) is 0. The zero-order chi connectivity index (χ0) is 42.2. The maximum atomic E-state index is 12.5. The molecular weight excluding hydrogens is 803 g/mol. The van der Waals surface area contributed by atoms with Crippen molar-refractivity contribution < 1.29 is 30.3 Å². The first kappa shape index (κ1) is 51.4. The Morgan fingerprint density at radius 3 is 1.38 bits per heavy atom. The van der Waals surface area contributed by atoms with Gasteiger partial charge in [0.1, 0.15) is 0 Å². The van der Waals surface area contributed by atoms with Crippen LogP contribution in [0.25, 0.3) is 16.9 Å². The maximum absolute atomic E-state index is 12.5. The van der Waals surface area contributed by atoms with Crippen LogP contribution in [0.1, 0.15) is 211 Å². The molecule has 0 aromatic heterocycles. The number of benzene rings is 2. The van der Waals surface area contributed by atoms with Crippen molar-refractivity contribution in [3.63, 3.8) is 0 Å². The number of hydrogen-bond donors (Lipinski definition) is 0. The molecule has 0 fully saturated rings. The molecule has 5 heteroatoms. The Morgan fingerprint density at radius 2 is 0.931 bits per heavy atom. The van der Waals surface area contributed by atoms with Crippen molar-refractivity contribution in [3.05, 3.63) is 86.5 Å². The molecular formula is C53H80N2O2Pd. The molecule has 0 bridgehead atoms. The van der Waals surface area contributed by atoms with Crippen LogP contribution in [-0.4, -0.2) is 17.9 Å². The molecule has 0 unspecified atom stereocenters. The number of allylic oxidation sites excluding steroid dienone is 2. The van der Waals surface area contributed by atoms with Gasteiger partial charge in [-0.15, -0.1) is 23.7 Å². The predicted octanol–water partition coefficient (Wildman–Crippen LogP) is 15.5. The molecule has 2 aromatic rings. The number of nitrogens with zero attached hydrogens (tertiary/aromatic N) is 2. The van der Waals surface area contributed by atoms with Gasteiger partial charge in [0.05, 0.1) is 0 Å². The van der Waals surface area contributed by atoms with Gasteiger partial charge in [-0.25, -0.2) is 4.70 Å². The second kappa shape index (κ2) is 33.0. The average molecular weight is 884 g/mol. The van der Waals surface area contributed by atoms with E-state index in [1.54, 1.807) is 4.70 Å². The Bertz CT molecular complexity index is 1660. The summed E-state index contributed by atoms with van der Waals surface area (Å²) in [5.41, 5.74) is 24.7. The van der Waals surface area contributed by atoms with Gasteiger partial charge in [0, 0.05) is 48.0 Å². The molecule has 0 saturated heterocycles. The molecule has 4 nitrogen and oxygen atoms in total. The summed E-state index contributed by atoms with van der Waals surface area (Å²) in [7, 11) is 0. The molecule has 58 heavy (non-hydrogen) atoms. The number of unbranched alkanes of at least 4 members (excludes halogenated alkanes) is 11. The predicted molar refractivity (Wildman–Crippen MR) is 246 cm³/mol. The van der Waals surface area contributed by atoms with Crippen molar-refractivity contribution >= 4 is 11.4 Å². The topological polar surface area (TPSA) is 43.8 Å². The van der Waals surface area contributed by atoms with E-state index in [-0.39, 0.29) is 18.7 Å². The standard InChI is InChI=1S/C49H70N2.2C2H5O.Pd/c1-7-12-17-19-21-23-27-31-43-36-34-41(29-25-14-9-3)38-46(43)48-40(6)45(33-16-11-5)49(51(48)50)47-39-42(30-26-15-10-4)35-37-44(47)32-28-24-22-20-18-13-8-2;2*1-2-3;/h34-39H,7-20,25-33H2,1-6H3;2*2H2,1H3;/q;2*-1;+2. The summed E-state index contributed by atoms with van der Waals surface area (Å²) in [6.07, 6.45) is 25.5. The van der Waals surface area contributed by atoms with E-state index in [0.717, 1.165) is 95.2 Å². The van der Waals surface area contributed by atoms with Crippen LogP contribution in [0.15, 0.2) is 47.5 Å². The summed E-state index contributed by atoms with van der Waals surface area (Å²) >= 11 is 0.0681. The first-order chi connectivity index (χ1) is 28.4. The van der Waals surface area contributed by atoms with Gasteiger partial charge in [-0.3, -0.25) is 0 Å². The van der Waals surface area contributed by atoms with Gasteiger partial charge in [0.15, 0.2) is 0 Å². The van der Waals surface area contributed by atoms with Crippen molar-refractivity contribution in [2.24, 2.45) is 0 Å². The Kier molecular flexibility index (Phi) is 29.2. The van der Waals surface area contributed by atoms with Crippen molar-refractivity contribution in [1.82, 2.24) is 0 Å². The van der Waals surface area contributed by atoms with Crippen molar-refractivity contribution in [1.29, 1.82) is 0 Å². The monoisotopic (exact) mass is 883 g/mol. The quantitative estimate of drug-likeness (QED) is 0.0388. The Hall–Kier alpha value is -2.78. The Morgan fingerprint density at radius 1 is 0.500 bits per heavy atom. The molecule has 1 aliphatic rings. The van der Waals surface area contributed by atoms with E-state index < -0.39 is 0 Å². The molecule has 0 amide bonds. The van der Waals surface area contributed by atoms with Crippen LogP contribution in [0, 0.1) is 23.7 Å². The summed E-state index contributed by atoms with van der Waals surface area (Å²) in [5, 5.41) is 0. The Balaban J connectivity index is 0.00000151. The SMILES string of the molecule is CCCCCC#CCCc1ccc(CCCCC)cc1C1=C(C)C(CCCC)=C(c2cc(CCCCC)ccc2CCC#CCCCCC)[N+]1=[N-].CC[O][Pd][O]CC. The number of aryl methyl sites for hydroxylation is 4. The molecule has 324 valence electrons. The summed E-state index contributed by atoms with van der Waals surface area (Å²) in [6.45, 7) is 19.0.